The van der Waals surface area contributed by atoms with Gasteiger partial charge in [0.15, 0.2) is 11.6 Å². The van der Waals surface area contributed by atoms with Crippen molar-refractivity contribution < 1.29 is 0 Å². The number of thiazole rings is 2. The van der Waals surface area contributed by atoms with E-state index in [-0.39, 0.29) is 29.2 Å². The van der Waals surface area contributed by atoms with Crippen molar-refractivity contribution in [3.05, 3.63) is 183 Å². The number of hydrogen-bond acceptors (Lipinski definition) is 14. The van der Waals surface area contributed by atoms with E-state index in [0.717, 1.165) is 76.4 Å². The highest BCUT2D eigenvalue weighted by Crippen LogP contribution is 2.34. The SMILES string of the molecule is CC(C)n1c([C@H](C)Nc2nccc3scnc23)cc2cccc(-c3ccnnc3)c2c1=O.C[C@H](Nc1nccc2scnc12)c1cc2cccc(-c3cncc(N)c3)c2c(=O)n1-c1ccccc1. The average Bonchev–Trinajstić information content (AvgIpc) is 4.06. The first-order valence-corrected chi connectivity index (χ1v) is 23.7. The number of aromatic nitrogens is 9. The molecule has 68 heavy (non-hydrogen) atoms. The Labute approximate surface area is 397 Å². The molecule has 8 heterocycles. The normalized spacial score (nSPS) is 12.3. The van der Waals surface area contributed by atoms with Gasteiger partial charge in [-0.05, 0) is 98.1 Å². The molecule has 0 aliphatic rings. The number of nitrogens with two attached hydrogens (primary N) is 1. The molecular weight excluding hydrogens is 889 g/mol. The molecule has 0 saturated carbocycles. The number of anilines is 3. The van der Waals surface area contributed by atoms with Crippen LogP contribution in [0, 0.1) is 0 Å². The van der Waals surface area contributed by atoms with E-state index in [0.29, 0.717) is 22.3 Å². The fourth-order valence-corrected chi connectivity index (χ4v) is 10.0. The van der Waals surface area contributed by atoms with Crippen molar-refractivity contribution in [2.45, 2.75) is 45.8 Å². The van der Waals surface area contributed by atoms with E-state index < -0.39 is 0 Å². The number of nitrogens with one attached hydrogen (secondary N) is 2. The van der Waals surface area contributed by atoms with Gasteiger partial charge in [-0.2, -0.15) is 10.2 Å². The van der Waals surface area contributed by atoms with Gasteiger partial charge in [-0.25, -0.2) is 19.9 Å². The van der Waals surface area contributed by atoms with Crippen LogP contribution in [0.4, 0.5) is 17.3 Å². The molecule has 0 aliphatic carbocycles. The lowest BCUT2D eigenvalue weighted by Gasteiger charge is -2.24. The zero-order valence-corrected chi connectivity index (χ0v) is 39.0. The molecule has 4 N–H and O–H groups in total. The Kier molecular flexibility index (Phi) is 11.9. The second-order valence-corrected chi connectivity index (χ2v) is 18.3. The number of para-hydroxylation sites is 1. The van der Waals surface area contributed by atoms with E-state index in [9.17, 15) is 9.59 Å². The predicted octanol–water partition coefficient (Wildman–Crippen LogP) is 11.0. The number of rotatable bonds is 10. The third kappa shape index (κ3) is 8.31. The van der Waals surface area contributed by atoms with Gasteiger partial charge >= 0.3 is 0 Å². The summed E-state index contributed by atoms with van der Waals surface area (Å²) in [5.74, 6) is 1.41. The van der Waals surface area contributed by atoms with Gasteiger partial charge in [-0.15, -0.1) is 22.7 Å². The van der Waals surface area contributed by atoms with Crippen molar-refractivity contribution in [1.29, 1.82) is 0 Å². The molecule has 11 rings (SSSR count). The van der Waals surface area contributed by atoms with Crippen LogP contribution in [-0.4, -0.2) is 44.3 Å². The van der Waals surface area contributed by atoms with Crippen molar-refractivity contribution in [3.63, 3.8) is 0 Å². The Morgan fingerprint density at radius 3 is 1.78 bits per heavy atom. The monoisotopic (exact) mass is 932 g/mol. The van der Waals surface area contributed by atoms with E-state index in [4.69, 9.17) is 5.73 Å². The minimum absolute atomic E-state index is 0.0159. The van der Waals surface area contributed by atoms with Gasteiger partial charge in [0.05, 0.1) is 61.4 Å². The van der Waals surface area contributed by atoms with E-state index in [2.05, 4.69) is 57.9 Å². The number of hydrogen-bond donors (Lipinski definition) is 3. The van der Waals surface area contributed by atoms with Crippen molar-refractivity contribution in [1.82, 2.24) is 44.3 Å². The van der Waals surface area contributed by atoms with Crippen LogP contribution in [0.2, 0.25) is 0 Å². The molecule has 2 atom stereocenters. The lowest BCUT2D eigenvalue weighted by molar-refractivity contribution is 0.541. The Morgan fingerprint density at radius 2 is 1.18 bits per heavy atom. The van der Waals surface area contributed by atoms with Crippen LogP contribution in [0.3, 0.4) is 0 Å². The Balaban J connectivity index is 0.000000160. The van der Waals surface area contributed by atoms with Crippen LogP contribution in [0.25, 0.3) is 69.9 Å². The molecule has 3 aromatic carbocycles. The van der Waals surface area contributed by atoms with Gasteiger partial charge < -0.3 is 20.9 Å². The minimum atomic E-state index is -0.236. The number of fused-ring (bicyclic) bond motifs is 4. The first kappa shape index (κ1) is 43.7. The fraction of sp³-hybridized carbons (Fsp3) is 0.135. The lowest BCUT2D eigenvalue weighted by atomic mass is 9.98. The number of nitrogens with zero attached hydrogens (tertiary/aromatic N) is 9. The van der Waals surface area contributed by atoms with E-state index in [1.54, 1.807) is 64.4 Å². The summed E-state index contributed by atoms with van der Waals surface area (Å²) in [4.78, 5) is 50.2. The minimum Gasteiger partial charge on any atom is -0.397 e. The van der Waals surface area contributed by atoms with Crippen molar-refractivity contribution >= 4 is 82.0 Å². The second-order valence-electron chi connectivity index (χ2n) is 16.5. The van der Waals surface area contributed by atoms with Crippen LogP contribution < -0.4 is 27.5 Å². The summed E-state index contributed by atoms with van der Waals surface area (Å²) in [5, 5.41) is 17.9. The zero-order chi connectivity index (χ0) is 46.9. The molecule has 336 valence electrons. The van der Waals surface area contributed by atoms with E-state index >= 15 is 0 Å². The highest BCUT2D eigenvalue weighted by Gasteiger charge is 2.22. The summed E-state index contributed by atoms with van der Waals surface area (Å²) < 4.78 is 5.76. The molecule has 0 aliphatic heterocycles. The summed E-state index contributed by atoms with van der Waals surface area (Å²) in [6.45, 7) is 8.13. The molecule has 0 radical (unpaired) electrons. The summed E-state index contributed by atoms with van der Waals surface area (Å²) in [6, 6.07) is 32.8. The summed E-state index contributed by atoms with van der Waals surface area (Å²) in [5.41, 5.74) is 17.5. The Bertz CT molecular complexity index is 3740. The first-order chi connectivity index (χ1) is 33.1. The molecule has 11 aromatic rings. The summed E-state index contributed by atoms with van der Waals surface area (Å²) in [6.07, 6.45) is 10.2. The molecule has 0 bridgehead atoms. The lowest BCUT2D eigenvalue weighted by Crippen LogP contribution is -2.28. The molecular formula is C52H44N12O2S2. The maximum Gasteiger partial charge on any atom is 0.263 e. The molecule has 16 heteroatoms. The van der Waals surface area contributed by atoms with Crippen LogP contribution in [0.1, 0.15) is 57.2 Å². The van der Waals surface area contributed by atoms with Crippen LogP contribution >= 0.6 is 22.7 Å². The van der Waals surface area contributed by atoms with Gasteiger partial charge in [0.2, 0.25) is 0 Å². The topological polar surface area (TPSA) is 184 Å². The smallest absolute Gasteiger partial charge is 0.263 e. The number of benzene rings is 3. The highest BCUT2D eigenvalue weighted by atomic mass is 32.1. The molecule has 0 saturated heterocycles. The fourth-order valence-electron chi connectivity index (χ4n) is 8.70. The van der Waals surface area contributed by atoms with Crippen molar-refractivity contribution in [2.75, 3.05) is 16.4 Å². The van der Waals surface area contributed by atoms with Crippen molar-refractivity contribution in [3.8, 4) is 27.9 Å². The van der Waals surface area contributed by atoms with Crippen LogP contribution in [0.15, 0.2) is 161 Å². The number of nitrogen functional groups attached to an aromatic ring is 1. The standard InChI is InChI=1S/C28H22N6OS.C24H22N6OS/c1-17(33-27-26-24(10-11-31-27)36-16-32-26)23-13-18-6-5-9-22(19-12-20(29)15-30-14-19)25(18)28(35)34(23)21-7-3-2-4-8-21;1-14(2)30-19(15(3)29-23-22-20(8-9-25-23)32-13-26-22)11-16-5-4-6-18(21(16)24(30)31)17-7-10-27-28-12-17/h2-17H,29H2,1H3,(H,31,33);4-15H,1-3H3,(H,25,29)/t17-;15-/m00/s1. The van der Waals surface area contributed by atoms with Gasteiger partial charge in [0.25, 0.3) is 11.1 Å². The molecule has 0 spiro atoms. The highest BCUT2D eigenvalue weighted by molar-refractivity contribution is 7.17. The predicted molar refractivity (Wildman–Crippen MR) is 276 cm³/mol. The summed E-state index contributed by atoms with van der Waals surface area (Å²) >= 11 is 3.15. The second kappa shape index (κ2) is 18.6. The van der Waals surface area contributed by atoms with Crippen LogP contribution in [-0.2, 0) is 0 Å². The molecule has 0 fully saturated rings. The maximum atomic E-state index is 14.2. The van der Waals surface area contributed by atoms with E-state index in [1.165, 1.54) is 0 Å². The Morgan fingerprint density at radius 1 is 0.574 bits per heavy atom. The molecule has 0 amide bonds. The van der Waals surface area contributed by atoms with Crippen LogP contribution in [0.5, 0.6) is 0 Å². The molecule has 14 nitrogen and oxygen atoms in total. The largest absolute Gasteiger partial charge is 0.397 e. The first-order valence-electron chi connectivity index (χ1n) is 21.9. The molecule has 0 unspecified atom stereocenters. The van der Waals surface area contributed by atoms with Gasteiger partial charge in [-0.1, -0.05) is 54.6 Å². The maximum absolute atomic E-state index is 14.2. The number of pyridine rings is 5. The van der Waals surface area contributed by atoms with E-state index in [1.807, 2.05) is 134 Å². The van der Waals surface area contributed by atoms with Gasteiger partial charge in [0.1, 0.15) is 11.0 Å². The van der Waals surface area contributed by atoms with Crippen molar-refractivity contribution in [2.24, 2.45) is 0 Å². The molecule has 8 aromatic heterocycles. The zero-order valence-electron chi connectivity index (χ0n) is 37.4. The summed E-state index contributed by atoms with van der Waals surface area (Å²) in [7, 11) is 0. The van der Waals surface area contributed by atoms with Gasteiger partial charge in [-0.3, -0.25) is 19.1 Å². The average molecular weight is 933 g/mol. The Hall–Kier alpha value is -8.21. The third-order valence-corrected chi connectivity index (χ3v) is 13.4. The van der Waals surface area contributed by atoms with Gasteiger partial charge in [0, 0.05) is 59.0 Å². The third-order valence-electron chi connectivity index (χ3n) is 11.8. The quantitative estimate of drug-likeness (QED) is 0.118.